The van der Waals surface area contributed by atoms with Gasteiger partial charge in [-0.1, -0.05) is 19.1 Å². The highest BCUT2D eigenvalue weighted by atomic mass is 32.1. The Kier molecular flexibility index (Phi) is 6.51. The molecule has 2 N–H and O–H groups in total. The fourth-order valence-electron chi connectivity index (χ4n) is 3.82. The number of rotatable bonds is 5. The Morgan fingerprint density at radius 2 is 1.86 bits per heavy atom. The summed E-state index contributed by atoms with van der Waals surface area (Å²) in [4.78, 5) is 40.3. The SMILES string of the molecule is CCc1c(C)sc(NC(=O)[C@H]2CC=CC[C@@H]2C(=O)O)c1C(=O)N1CCOCC1. The molecule has 152 valence electrons. The molecule has 3 rings (SSSR count). The number of morpholine rings is 1. The maximum Gasteiger partial charge on any atom is 0.307 e. The second kappa shape index (κ2) is 8.87. The zero-order valence-electron chi connectivity index (χ0n) is 16.2. The van der Waals surface area contributed by atoms with Crippen molar-refractivity contribution < 1.29 is 24.2 Å². The van der Waals surface area contributed by atoms with E-state index in [1.165, 1.54) is 11.3 Å². The first-order valence-electron chi connectivity index (χ1n) is 9.62. The number of carboxylic acids is 1. The number of hydrogen-bond acceptors (Lipinski definition) is 5. The van der Waals surface area contributed by atoms with Crippen LogP contribution in [0.2, 0.25) is 0 Å². The van der Waals surface area contributed by atoms with Crippen molar-refractivity contribution in [3.63, 3.8) is 0 Å². The van der Waals surface area contributed by atoms with Crippen molar-refractivity contribution in [3.8, 4) is 0 Å². The number of carboxylic acid groups (broad SMARTS) is 1. The lowest BCUT2D eigenvalue weighted by Gasteiger charge is -2.28. The van der Waals surface area contributed by atoms with E-state index in [2.05, 4.69) is 5.32 Å². The van der Waals surface area contributed by atoms with Crippen LogP contribution >= 0.6 is 11.3 Å². The van der Waals surface area contributed by atoms with Crippen molar-refractivity contribution >= 4 is 34.1 Å². The summed E-state index contributed by atoms with van der Waals surface area (Å²) in [6.07, 6.45) is 5.08. The molecule has 1 aliphatic heterocycles. The lowest BCUT2D eigenvalue weighted by Crippen LogP contribution is -2.41. The average molecular weight is 407 g/mol. The number of nitrogens with zero attached hydrogens (tertiary/aromatic N) is 1. The number of hydrogen-bond donors (Lipinski definition) is 2. The lowest BCUT2D eigenvalue weighted by atomic mass is 9.82. The van der Waals surface area contributed by atoms with E-state index < -0.39 is 17.8 Å². The van der Waals surface area contributed by atoms with Gasteiger partial charge in [0.1, 0.15) is 5.00 Å². The molecule has 0 bridgehead atoms. The van der Waals surface area contributed by atoms with Crippen LogP contribution in [0.3, 0.4) is 0 Å². The molecule has 0 aromatic carbocycles. The first-order valence-corrected chi connectivity index (χ1v) is 10.4. The maximum absolute atomic E-state index is 13.2. The van der Waals surface area contributed by atoms with Crippen LogP contribution in [0.25, 0.3) is 0 Å². The molecule has 1 aromatic rings. The van der Waals surface area contributed by atoms with E-state index in [1.807, 2.05) is 19.9 Å². The molecule has 1 saturated heterocycles. The van der Waals surface area contributed by atoms with Gasteiger partial charge in [0.15, 0.2) is 0 Å². The predicted molar refractivity (Wildman–Crippen MR) is 107 cm³/mol. The van der Waals surface area contributed by atoms with Crippen LogP contribution < -0.4 is 5.32 Å². The molecule has 28 heavy (non-hydrogen) atoms. The Labute approximate surface area is 168 Å². The van der Waals surface area contributed by atoms with Crippen LogP contribution in [0.1, 0.15) is 40.6 Å². The second-order valence-corrected chi connectivity index (χ2v) is 8.31. The molecular formula is C20H26N2O5S. The van der Waals surface area contributed by atoms with E-state index in [0.717, 1.165) is 10.4 Å². The number of aryl methyl sites for hydroxylation is 1. The summed E-state index contributed by atoms with van der Waals surface area (Å²) in [5.41, 5.74) is 1.48. The molecule has 0 saturated carbocycles. The number of thiophene rings is 1. The Morgan fingerprint density at radius 3 is 2.46 bits per heavy atom. The van der Waals surface area contributed by atoms with Gasteiger partial charge in [0.05, 0.1) is 30.6 Å². The summed E-state index contributed by atoms with van der Waals surface area (Å²) in [7, 11) is 0. The van der Waals surface area contributed by atoms with E-state index in [0.29, 0.717) is 56.1 Å². The number of carbonyl (C=O) groups excluding carboxylic acids is 2. The number of anilines is 1. The zero-order valence-corrected chi connectivity index (χ0v) is 17.0. The van der Waals surface area contributed by atoms with Gasteiger partial charge in [-0.2, -0.15) is 0 Å². The number of allylic oxidation sites excluding steroid dienone is 2. The molecule has 0 spiro atoms. The van der Waals surface area contributed by atoms with E-state index in [9.17, 15) is 19.5 Å². The minimum Gasteiger partial charge on any atom is -0.481 e. The van der Waals surface area contributed by atoms with Crippen molar-refractivity contribution in [2.24, 2.45) is 11.8 Å². The third kappa shape index (κ3) is 4.12. The predicted octanol–water partition coefficient (Wildman–Crippen LogP) is 2.70. The van der Waals surface area contributed by atoms with Gasteiger partial charge in [-0.25, -0.2) is 0 Å². The van der Waals surface area contributed by atoms with Gasteiger partial charge in [-0.05, 0) is 31.7 Å². The Bertz CT molecular complexity index is 795. The highest BCUT2D eigenvalue weighted by Gasteiger charge is 2.35. The molecule has 2 aliphatic rings. The molecule has 0 radical (unpaired) electrons. The molecule has 2 atom stereocenters. The number of aliphatic carboxylic acids is 1. The third-order valence-corrected chi connectivity index (χ3v) is 6.46. The van der Waals surface area contributed by atoms with E-state index >= 15 is 0 Å². The summed E-state index contributed by atoms with van der Waals surface area (Å²) in [5.74, 6) is -2.78. The Balaban J connectivity index is 1.87. The number of ether oxygens (including phenoxy) is 1. The largest absolute Gasteiger partial charge is 0.481 e. The van der Waals surface area contributed by atoms with Crippen LogP contribution in [0.5, 0.6) is 0 Å². The fraction of sp³-hybridized carbons (Fsp3) is 0.550. The summed E-state index contributed by atoms with van der Waals surface area (Å²) < 4.78 is 5.33. The Hall–Kier alpha value is -2.19. The van der Waals surface area contributed by atoms with Gasteiger partial charge in [0, 0.05) is 18.0 Å². The first kappa shape index (κ1) is 20.5. The highest BCUT2D eigenvalue weighted by Crippen LogP contribution is 2.36. The minimum absolute atomic E-state index is 0.0990. The second-order valence-electron chi connectivity index (χ2n) is 7.08. The molecular weight excluding hydrogens is 380 g/mol. The molecule has 8 heteroatoms. The summed E-state index contributed by atoms with van der Waals surface area (Å²) in [6.45, 7) is 6.00. The van der Waals surface area contributed by atoms with Crippen LogP contribution in [-0.4, -0.2) is 54.1 Å². The van der Waals surface area contributed by atoms with Gasteiger partial charge in [0.25, 0.3) is 5.91 Å². The standard InChI is InChI=1S/C20H26N2O5S/c1-3-13-12(2)28-18(16(13)19(24)22-8-10-27-11-9-22)21-17(23)14-6-4-5-7-15(14)20(25)26/h4-5,14-15H,3,6-11H2,1-2H3,(H,21,23)(H,25,26)/t14-,15-/m0/s1. The third-order valence-electron chi connectivity index (χ3n) is 5.40. The summed E-state index contributed by atoms with van der Waals surface area (Å²) >= 11 is 1.38. The van der Waals surface area contributed by atoms with Gasteiger partial charge in [-0.3, -0.25) is 14.4 Å². The molecule has 7 nitrogen and oxygen atoms in total. The van der Waals surface area contributed by atoms with Crippen LogP contribution in [-0.2, 0) is 20.7 Å². The number of nitrogens with one attached hydrogen (secondary N) is 1. The van der Waals surface area contributed by atoms with Crippen molar-refractivity contribution in [1.29, 1.82) is 0 Å². The van der Waals surface area contributed by atoms with Gasteiger partial charge < -0.3 is 20.1 Å². The van der Waals surface area contributed by atoms with Gasteiger partial charge in [0.2, 0.25) is 5.91 Å². The smallest absolute Gasteiger partial charge is 0.307 e. The first-order chi connectivity index (χ1) is 13.4. The molecule has 2 amide bonds. The molecule has 1 fully saturated rings. The highest BCUT2D eigenvalue weighted by molar-refractivity contribution is 7.16. The van der Waals surface area contributed by atoms with Crippen molar-refractivity contribution in [1.82, 2.24) is 4.90 Å². The zero-order chi connectivity index (χ0) is 20.3. The quantitative estimate of drug-likeness (QED) is 0.733. The monoisotopic (exact) mass is 406 g/mol. The minimum atomic E-state index is -0.967. The van der Waals surface area contributed by atoms with E-state index in [-0.39, 0.29) is 11.8 Å². The average Bonchev–Trinajstić information content (AvgIpc) is 3.02. The summed E-state index contributed by atoms with van der Waals surface area (Å²) in [6, 6.07) is 0. The Morgan fingerprint density at radius 1 is 1.21 bits per heavy atom. The van der Waals surface area contributed by atoms with Crippen LogP contribution in [0.15, 0.2) is 12.2 Å². The fourth-order valence-corrected chi connectivity index (χ4v) is 4.96. The van der Waals surface area contributed by atoms with Crippen molar-refractivity contribution in [3.05, 3.63) is 28.2 Å². The van der Waals surface area contributed by atoms with Crippen LogP contribution in [0.4, 0.5) is 5.00 Å². The summed E-state index contributed by atoms with van der Waals surface area (Å²) in [5, 5.41) is 12.8. The lowest BCUT2D eigenvalue weighted by molar-refractivity contribution is -0.146. The number of carbonyl (C=O) groups is 3. The molecule has 1 aromatic heterocycles. The van der Waals surface area contributed by atoms with Crippen LogP contribution in [0, 0.1) is 18.8 Å². The van der Waals surface area contributed by atoms with Gasteiger partial charge in [-0.15, -0.1) is 11.3 Å². The van der Waals surface area contributed by atoms with E-state index in [1.54, 1.807) is 11.0 Å². The van der Waals surface area contributed by atoms with Crippen molar-refractivity contribution in [2.45, 2.75) is 33.1 Å². The van der Waals surface area contributed by atoms with Gasteiger partial charge >= 0.3 is 5.97 Å². The van der Waals surface area contributed by atoms with Crippen molar-refractivity contribution in [2.75, 3.05) is 31.6 Å². The topological polar surface area (TPSA) is 95.9 Å². The maximum atomic E-state index is 13.2. The molecule has 2 heterocycles. The normalized spacial score (nSPS) is 22.1. The molecule has 0 unspecified atom stereocenters. The number of amides is 2. The van der Waals surface area contributed by atoms with E-state index in [4.69, 9.17) is 4.74 Å². The molecule has 1 aliphatic carbocycles.